The van der Waals surface area contributed by atoms with Crippen molar-refractivity contribution >= 4 is 5.91 Å². The predicted molar refractivity (Wildman–Crippen MR) is 46.6 cm³/mol. The molecule has 0 bridgehead atoms. The lowest BCUT2D eigenvalue weighted by atomic mass is 10.1. The number of hydrogen-bond acceptors (Lipinski definition) is 2. The number of aliphatic hydroxyl groups is 1. The van der Waals surface area contributed by atoms with Crippen LogP contribution in [0.4, 0.5) is 0 Å². The summed E-state index contributed by atoms with van der Waals surface area (Å²) in [6.07, 6.45) is 2.03. The maximum atomic E-state index is 11.3. The van der Waals surface area contributed by atoms with E-state index in [1.165, 1.54) is 0 Å². The van der Waals surface area contributed by atoms with Crippen LogP contribution in [0.3, 0.4) is 0 Å². The molecule has 1 atom stereocenters. The number of carbonyl (C=O) groups is 1. The van der Waals surface area contributed by atoms with Crippen LogP contribution in [0.2, 0.25) is 0 Å². The summed E-state index contributed by atoms with van der Waals surface area (Å²) in [5, 5.41) is 11.8. The highest BCUT2D eigenvalue weighted by atomic mass is 16.3. The molecule has 70 valence electrons. The topological polar surface area (TPSA) is 49.3 Å². The molecule has 2 N–H and O–H groups in total. The van der Waals surface area contributed by atoms with E-state index in [1.54, 1.807) is 0 Å². The van der Waals surface area contributed by atoms with Gasteiger partial charge in [-0.25, -0.2) is 0 Å². The SMILES string of the molecule is CC(C)C(CO)NC(=O)C1CC1. The quantitative estimate of drug-likeness (QED) is 0.648. The van der Waals surface area contributed by atoms with Crippen molar-refractivity contribution < 1.29 is 9.90 Å². The average Bonchev–Trinajstić information content (AvgIpc) is 2.80. The number of rotatable bonds is 4. The Bertz CT molecular complexity index is 164. The lowest BCUT2D eigenvalue weighted by Gasteiger charge is -2.19. The Balaban J connectivity index is 2.30. The molecule has 1 rings (SSSR count). The second-order valence-electron chi connectivity index (χ2n) is 3.82. The van der Waals surface area contributed by atoms with Gasteiger partial charge in [0.05, 0.1) is 12.6 Å². The van der Waals surface area contributed by atoms with Crippen molar-refractivity contribution in [1.29, 1.82) is 0 Å². The molecule has 3 nitrogen and oxygen atoms in total. The van der Waals surface area contributed by atoms with Crippen LogP contribution >= 0.6 is 0 Å². The van der Waals surface area contributed by atoms with Crippen molar-refractivity contribution in [1.82, 2.24) is 5.32 Å². The molecular weight excluding hydrogens is 154 g/mol. The van der Waals surface area contributed by atoms with Gasteiger partial charge in [0.25, 0.3) is 0 Å². The van der Waals surface area contributed by atoms with Gasteiger partial charge in [-0.3, -0.25) is 4.79 Å². The Labute approximate surface area is 73.2 Å². The molecule has 0 saturated heterocycles. The van der Waals surface area contributed by atoms with E-state index >= 15 is 0 Å². The highest BCUT2D eigenvalue weighted by Crippen LogP contribution is 2.29. The molecular formula is C9H17NO2. The van der Waals surface area contributed by atoms with Crippen molar-refractivity contribution in [3.63, 3.8) is 0 Å². The molecule has 0 aromatic rings. The van der Waals surface area contributed by atoms with Gasteiger partial charge in [-0.2, -0.15) is 0 Å². The molecule has 3 heteroatoms. The van der Waals surface area contributed by atoms with E-state index in [1.807, 2.05) is 13.8 Å². The monoisotopic (exact) mass is 171 g/mol. The zero-order chi connectivity index (χ0) is 9.14. The summed E-state index contributed by atoms with van der Waals surface area (Å²) in [6, 6.07) is -0.0712. The highest BCUT2D eigenvalue weighted by Gasteiger charge is 2.31. The minimum Gasteiger partial charge on any atom is -0.394 e. The van der Waals surface area contributed by atoms with Crippen LogP contribution in [-0.2, 0) is 4.79 Å². The summed E-state index contributed by atoms with van der Waals surface area (Å²) < 4.78 is 0. The Morgan fingerprint density at radius 3 is 2.50 bits per heavy atom. The fourth-order valence-electron chi connectivity index (χ4n) is 1.07. The van der Waals surface area contributed by atoms with Gasteiger partial charge in [-0.1, -0.05) is 13.8 Å². The molecule has 1 amide bonds. The average molecular weight is 171 g/mol. The van der Waals surface area contributed by atoms with E-state index in [2.05, 4.69) is 5.32 Å². The Morgan fingerprint density at radius 1 is 1.58 bits per heavy atom. The molecule has 1 unspecified atom stereocenters. The molecule has 0 aromatic carbocycles. The van der Waals surface area contributed by atoms with Crippen LogP contribution in [0.5, 0.6) is 0 Å². The van der Waals surface area contributed by atoms with Crippen LogP contribution in [0.25, 0.3) is 0 Å². The molecule has 0 radical (unpaired) electrons. The first-order valence-electron chi connectivity index (χ1n) is 4.56. The molecule has 1 aliphatic rings. The first kappa shape index (κ1) is 9.52. The van der Waals surface area contributed by atoms with E-state index in [0.29, 0.717) is 5.92 Å². The molecule has 0 heterocycles. The van der Waals surface area contributed by atoms with Crippen molar-refractivity contribution in [2.45, 2.75) is 32.7 Å². The van der Waals surface area contributed by atoms with Crippen molar-refractivity contribution in [2.75, 3.05) is 6.61 Å². The summed E-state index contributed by atoms with van der Waals surface area (Å²) in [7, 11) is 0. The van der Waals surface area contributed by atoms with Gasteiger partial charge in [-0.15, -0.1) is 0 Å². The van der Waals surface area contributed by atoms with Crippen molar-refractivity contribution in [3.8, 4) is 0 Å². The molecule has 1 aliphatic carbocycles. The van der Waals surface area contributed by atoms with E-state index in [4.69, 9.17) is 5.11 Å². The Hall–Kier alpha value is -0.570. The molecule has 0 aromatic heterocycles. The third-order valence-corrected chi connectivity index (χ3v) is 2.28. The predicted octanol–water partition coefficient (Wildman–Crippen LogP) is 0.529. The van der Waals surface area contributed by atoms with Gasteiger partial charge >= 0.3 is 0 Å². The standard InChI is InChI=1S/C9H17NO2/c1-6(2)8(5-11)10-9(12)7-3-4-7/h6-8,11H,3-5H2,1-2H3,(H,10,12). The third-order valence-electron chi connectivity index (χ3n) is 2.28. The Kier molecular flexibility index (Phi) is 3.09. The molecule has 1 saturated carbocycles. The summed E-state index contributed by atoms with van der Waals surface area (Å²) in [4.78, 5) is 11.3. The van der Waals surface area contributed by atoms with Gasteiger partial charge in [0.2, 0.25) is 5.91 Å². The number of amides is 1. The van der Waals surface area contributed by atoms with Gasteiger partial charge in [0.15, 0.2) is 0 Å². The van der Waals surface area contributed by atoms with Crippen molar-refractivity contribution in [2.24, 2.45) is 11.8 Å². The fourth-order valence-corrected chi connectivity index (χ4v) is 1.07. The number of nitrogens with one attached hydrogen (secondary N) is 1. The largest absolute Gasteiger partial charge is 0.394 e. The van der Waals surface area contributed by atoms with Crippen LogP contribution in [0, 0.1) is 11.8 Å². The normalized spacial score (nSPS) is 19.3. The van der Waals surface area contributed by atoms with E-state index in [0.717, 1.165) is 12.8 Å². The zero-order valence-corrected chi connectivity index (χ0v) is 7.71. The maximum Gasteiger partial charge on any atom is 0.223 e. The summed E-state index contributed by atoms with van der Waals surface area (Å²) in [6.45, 7) is 4.03. The minimum absolute atomic E-state index is 0.0378. The third kappa shape index (κ3) is 2.48. The summed E-state index contributed by atoms with van der Waals surface area (Å²) >= 11 is 0. The summed E-state index contributed by atoms with van der Waals surface area (Å²) in [5.41, 5.74) is 0. The van der Waals surface area contributed by atoms with Crippen LogP contribution < -0.4 is 5.32 Å². The second kappa shape index (κ2) is 3.90. The zero-order valence-electron chi connectivity index (χ0n) is 7.71. The maximum absolute atomic E-state index is 11.3. The van der Waals surface area contributed by atoms with Crippen LogP contribution in [0.1, 0.15) is 26.7 Å². The van der Waals surface area contributed by atoms with E-state index in [-0.39, 0.29) is 24.5 Å². The van der Waals surface area contributed by atoms with E-state index in [9.17, 15) is 4.79 Å². The summed E-state index contributed by atoms with van der Waals surface area (Å²) in [5.74, 6) is 0.651. The van der Waals surface area contributed by atoms with Crippen LogP contribution in [0.15, 0.2) is 0 Å². The number of carbonyl (C=O) groups excluding carboxylic acids is 1. The van der Waals surface area contributed by atoms with Gasteiger partial charge in [0.1, 0.15) is 0 Å². The second-order valence-corrected chi connectivity index (χ2v) is 3.82. The molecule has 0 aliphatic heterocycles. The van der Waals surface area contributed by atoms with Gasteiger partial charge in [-0.05, 0) is 18.8 Å². The first-order chi connectivity index (χ1) is 5.65. The van der Waals surface area contributed by atoms with E-state index < -0.39 is 0 Å². The molecule has 1 fully saturated rings. The van der Waals surface area contributed by atoms with Crippen LogP contribution in [-0.4, -0.2) is 23.7 Å². The number of hydrogen-bond donors (Lipinski definition) is 2. The molecule has 12 heavy (non-hydrogen) atoms. The first-order valence-corrected chi connectivity index (χ1v) is 4.56. The highest BCUT2D eigenvalue weighted by molar-refractivity contribution is 5.81. The lowest BCUT2D eigenvalue weighted by molar-refractivity contribution is -0.123. The van der Waals surface area contributed by atoms with Gasteiger partial charge < -0.3 is 10.4 Å². The lowest BCUT2D eigenvalue weighted by Crippen LogP contribution is -2.41. The van der Waals surface area contributed by atoms with Crippen molar-refractivity contribution in [3.05, 3.63) is 0 Å². The number of aliphatic hydroxyl groups excluding tert-OH is 1. The smallest absolute Gasteiger partial charge is 0.223 e. The van der Waals surface area contributed by atoms with Gasteiger partial charge in [0, 0.05) is 5.92 Å². The minimum atomic E-state index is -0.0712. The molecule has 0 spiro atoms. The Morgan fingerprint density at radius 2 is 2.17 bits per heavy atom. The fraction of sp³-hybridized carbons (Fsp3) is 0.889.